The van der Waals surface area contributed by atoms with Gasteiger partial charge in [-0.3, -0.25) is 9.59 Å². The molecule has 0 saturated carbocycles. The normalized spacial score (nSPS) is 11.7. The average molecular weight is 461 g/mol. The van der Waals surface area contributed by atoms with Gasteiger partial charge in [0.15, 0.2) is 0 Å². The average Bonchev–Trinajstić information content (AvgIpc) is 2.80. The lowest BCUT2D eigenvalue weighted by Crippen LogP contribution is -2.19. The van der Waals surface area contributed by atoms with Crippen LogP contribution in [0.5, 0.6) is 0 Å². The quantitative estimate of drug-likeness (QED) is 0.311. The van der Waals surface area contributed by atoms with Crippen LogP contribution in [0.15, 0.2) is 89.8 Å². The highest BCUT2D eigenvalue weighted by atomic mass is 32.2. The molecule has 2 amide bonds. The highest BCUT2D eigenvalue weighted by molar-refractivity contribution is 8.00. The lowest BCUT2D eigenvalue weighted by molar-refractivity contribution is -0.131. The monoisotopic (exact) mass is 460 g/mol. The summed E-state index contributed by atoms with van der Waals surface area (Å²) >= 11 is 1.40. The Labute approximate surface area is 196 Å². The van der Waals surface area contributed by atoms with Crippen molar-refractivity contribution in [3.63, 3.8) is 0 Å². The van der Waals surface area contributed by atoms with Crippen molar-refractivity contribution in [2.45, 2.75) is 24.0 Å². The number of nitrogens with one attached hydrogen (secondary N) is 2. The summed E-state index contributed by atoms with van der Waals surface area (Å²) in [6.07, 6.45) is 1.73. The number of carbonyl (C=O) groups is 3. The highest BCUT2D eigenvalue weighted by Gasteiger charge is 2.22. The van der Waals surface area contributed by atoms with Crippen LogP contribution in [0.1, 0.15) is 21.9 Å². The van der Waals surface area contributed by atoms with E-state index in [0.717, 1.165) is 39.4 Å². The standard InChI is InChI=1S/C26H24N2O4S/c1-17-8-9-18(2)22(16-17)28-26(32)25(19-6-4-3-5-7-19)33-21-12-10-20(11-13-21)27-23(29)14-15-24(30)31/h3-16,25H,1-2H3,(H,27,29)(H,28,32)(H,30,31)/b15-14+. The molecule has 0 aromatic heterocycles. The molecule has 3 aromatic rings. The van der Waals surface area contributed by atoms with Crippen LogP contribution in [0, 0.1) is 13.8 Å². The Hall–Kier alpha value is -3.84. The van der Waals surface area contributed by atoms with Crippen molar-refractivity contribution in [3.8, 4) is 0 Å². The summed E-state index contributed by atoms with van der Waals surface area (Å²) in [5.41, 5.74) is 4.24. The summed E-state index contributed by atoms with van der Waals surface area (Å²) in [6, 6.07) is 22.5. The molecule has 3 N–H and O–H groups in total. The van der Waals surface area contributed by atoms with Crippen molar-refractivity contribution < 1.29 is 19.5 Å². The Morgan fingerprint density at radius 1 is 0.879 bits per heavy atom. The van der Waals surface area contributed by atoms with Gasteiger partial charge in [-0.05, 0) is 60.9 Å². The number of benzene rings is 3. The van der Waals surface area contributed by atoms with E-state index in [9.17, 15) is 14.4 Å². The fourth-order valence-electron chi connectivity index (χ4n) is 3.05. The molecule has 0 aliphatic carbocycles. The maximum atomic E-state index is 13.3. The Morgan fingerprint density at radius 3 is 2.24 bits per heavy atom. The molecule has 0 aliphatic heterocycles. The van der Waals surface area contributed by atoms with Gasteiger partial charge in [0, 0.05) is 28.4 Å². The molecule has 0 bridgehead atoms. The first-order valence-electron chi connectivity index (χ1n) is 10.2. The molecule has 0 spiro atoms. The fourth-order valence-corrected chi connectivity index (χ4v) is 4.08. The molecule has 0 aliphatic rings. The number of aryl methyl sites for hydroxylation is 2. The SMILES string of the molecule is Cc1ccc(C)c(NC(=O)C(Sc2ccc(NC(=O)/C=C/C(=O)O)cc2)c2ccccc2)c1. The molecular formula is C26H24N2O4S. The molecular weight excluding hydrogens is 436 g/mol. The summed E-state index contributed by atoms with van der Waals surface area (Å²) in [6.45, 7) is 3.94. The minimum Gasteiger partial charge on any atom is -0.478 e. The maximum Gasteiger partial charge on any atom is 0.328 e. The van der Waals surface area contributed by atoms with Gasteiger partial charge in [0.05, 0.1) is 0 Å². The molecule has 0 radical (unpaired) electrons. The minimum absolute atomic E-state index is 0.129. The van der Waals surface area contributed by atoms with Crippen LogP contribution in [0.2, 0.25) is 0 Å². The molecule has 0 saturated heterocycles. The zero-order chi connectivity index (χ0) is 23.8. The van der Waals surface area contributed by atoms with E-state index in [1.165, 1.54) is 11.8 Å². The van der Waals surface area contributed by atoms with Gasteiger partial charge in [-0.15, -0.1) is 11.8 Å². The van der Waals surface area contributed by atoms with Gasteiger partial charge >= 0.3 is 5.97 Å². The molecule has 6 nitrogen and oxygen atoms in total. The Balaban J connectivity index is 1.77. The number of carboxylic acids is 1. The molecule has 168 valence electrons. The number of rotatable bonds is 8. The zero-order valence-electron chi connectivity index (χ0n) is 18.2. The van der Waals surface area contributed by atoms with Crippen LogP contribution in [-0.4, -0.2) is 22.9 Å². The van der Waals surface area contributed by atoms with Gasteiger partial charge in [0.2, 0.25) is 11.8 Å². The number of carboxylic acid groups (broad SMARTS) is 1. The first-order chi connectivity index (χ1) is 15.8. The third-order valence-electron chi connectivity index (χ3n) is 4.74. The summed E-state index contributed by atoms with van der Waals surface area (Å²) < 4.78 is 0. The van der Waals surface area contributed by atoms with Crippen molar-refractivity contribution in [2.75, 3.05) is 10.6 Å². The van der Waals surface area contributed by atoms with Gasteiger partial charge < -0.3 is 15.7 Å². The van der Waals surface area contributed by atoms with Crippen molar-refractivity contribution >= 4 is 40.9 Å². The molecule has 3 rings (SSSR count). The number of aliphatic carboxylic acids is 1. The molecule has 1 unspecified atom stereocenters. The van der Waals surface area contributed by atoms with E-state index in [4.69, 9.17) is 5.11 Å². The summed E-state index contributed by atoms with van der Waals surface area (Å²) in [5.74, 6) is -1.85. The maximum absolute atomic E-state index is 13.3. The Kier molecular flexibility index (Phi) is 8.05. The summed E-state index contributed by atoms with van der Waals surface area (Å²) in [7, 11) is 0. The number of amides is 2. The summed E-state index contributed by atoms with van der Waals surface area (Å²) in [4.78, 5) is 36.4. The highest BCUT2D eigenvalue weighted by Crippen LogP contribution is 2.37. The van der Waals surface area contributed by atoms with Crippen LogP contribution in [0.3, 0.4) is 0 Å². The molecule has 0 fully saturated rings. The van der Waals surface area contributed by atoms with E-state index < -0.39 is 17.1 Å². The van der Waals surface area contributed by atoms with Crippen LogP contribution in [0.25, 0.3) is 0 Å². The minimum atomic E-state index is -1.19. The van der Waals surface area contributed by atoms with Crippen molar-refractivity contribution in [3.05, 3.63) is 102 Å². The number of hydrogen-bond donors (Lipinski definition) is 3. The van der Waals surface area contributed by atoms with E-state index >= 15 is 0 Å². The van der Waals surface area contributed by atoms with Crippen LogP contribution in [-0.2, 0) is 14.4 Å². The van der Waals surface area contributed by atoms with Crippen LogP contribution >= 0.6 is 11.8 Å². The predicted molar refractivity (Wildman–Crippen MR) is 131 cm³/mol. The van der Waals surface area contributed by atoms with Gasteiger partial charge in [-0.25, -0.2) is 4.79 Å². The van der Waals surface area contributed by atoms with Crippen molar-refractivity contribution in [1.82, 2.24) is 0 Å². The van der Waals surface area contributed by atoms with Gasteiger partial charge in [-0.1, -0.05) is 42.5 Å². The fraction of sp³-hybridized carbons (Fsp3) is 0.115. The summed E-state index contributed by atoms with van der Waals surface area (Å²) in [5, 5.41) is 13.8. The second-order valence-electron chi connectivity index (χ2n) is 7.40. The Morgan fingerprint density at radius 2 is 1.58 bits per heavy atom. The van der Waals surface area contributed by atoms with E-state index in [1.807, 2.05) is 74.5 Å². The zero-order valence-corrected chi connectivity index (χ0v) is 19.1. The third-order valence-corrected chi connectivity index (χ3v) is 6.01. The van der Waals surface area contributed by atoms with Gasteiger partial charge in [-0.2, -0.15) is 0 Å². The van der Waals surface area contributed by atoms with Crippen molar-refractivity contribution in [1.29, 1.82) is 0 Å². The predicted octanol–water partition coefficient (Wildman–Crippen LogP) is 5.35. The lowest BCUT2D eigenvalue weighted by atomic mass is 10.1. The lowest BCUT2D eigenvalue weighted by Gasteiger charge is -2.18. The Bertz CT molecular complexity index is 1170. The van der Waals surface area contributed by atoms with E-state index in [2.05, 4.69) is 10.6 Å². The first-order valence-corrected chi connectivity index (χ1v) is 11.1. The van der Waals surface area contributed by atoms with E-state index in [-0.39, 0.29) is 5.91 Å². The van der Waals surface area contributed by atoms with E-state index in [0.29, 0.717) is 5.69 Å². The molecule has 33 heavy (non-hydrogen) atoms. The number of thioether (sulfide) groups is 1. The molecule has 1 atom stereocenters. The number of hydrogen-bond acceptors (Lipinski definition) is 4. The number of carbonyl (C=O) groups excluding carboxylic acids is 2. The van der Waals surface area contributed by atoms with Gasteiger partial charge in [0.1, 0.15) is 5.25 Å². The largest absolute Gasteiger partial charge is 0.478 e. The molecule has 0 heterocycles. The first kappa shape index (κ1) is 23.8. The number of anilines is 2. The topological polar surface area (TPSA) is 95.5 Å². The second kappa shape index (κ2) is 11.2. The smallest absolute Gasteiger partial charge is 0.328 e. The van der Waals surface area contributed by atoms with Crippen LogP contribution in [0.4, 0.5) is 11.4 Å². The van der Waals surface area contributed by atoms with E-state index in [1.54, 1.807) is 12.1 Å². The van der Waals surface area contributed by atoms with Crippen LogP contribution < -0.4 is 10.6 Å². The van der Waals surface area contributed by atoms with Crippen molar-refractivity contribution in [2.24, 2.45) is 0 Å². The molecule has 7 heteroatoms. The third kappa shape index (κ3) is 7.08. The molecule has 3 aromatic carbocycles. The van der Waals surface area contributed by atoms with Gasteiger partial charge in [0.25, 0.3) is 0 Å². The second-order valence-corrected chi connectivity index (χ2v) is 8.58.